The van der Waals surface area contributed by atoms with Gasteiger partial charge in [-0.2, -0.15) is 0 Å². The first kappa shape index (κ1) is 33.2. The molecule has 1 aliphatic heterocycles. The van der Waals surface area contributed by atoms with Gasteiger partial charge in [-0.05, 0) is 0 Å². The molecule has 0 atom stereocenters. The number of benzene rings is 2. The number of carbonyl (C=O) groups excluding carboxylic acids is 4. The third kappa shape index (κ3) is 6.85. The summed E-state index contributed by atoms with van der Waals surface area (Å²) >= 11 is 12.6. The fourth-order valence-corrected chi connectivity index (χ4v) is 8.35. The first-order valence-corrected chi connectivity index (χ1v) is 16.0. The summed E-state index contributed by atoms with van der Waals surface area (Å²) in [5, 5.41) is 1.53. The number of carbonyl (C=O) groups is 4. The number of halogens is 2. The molecule has 44 heavy (non-hydrogen) atoms. The second kappa shape index (κ2) is 14.4. The number of rotatable bonds is 9. The van der Waals surface area contributed by atoms with Gasteiger partial charge in [-0.1, -0.05) is 0 Å². The van der Waals surface area contributed by atoms with Gasteiger partial charge in [0.1, 0.15) is 0 Å². The zero-order valence-corrected chi connectivity index (χ0v) is 28.2. The molecule has 1 aliphatic rings. The van der Waals surface area contributed by atoms with E-state index >= 15 is 0 Å². The fraction of sp³-hybridized carbons (Fsp3) is 0.200. The summed E-state index contributed by atoms with van der Waals surface area (Å²) in [4.78, 5) is 55.2. The van der Waals surface area contributed by atoms with Crippen LogP contribution in [-0.2, 0) is 35.1 Å². The Morgan fingerprint density at radius 2 is 1.43 bits per heavy atom. The molecule has 0 saturated carbocycles. The number of thioether (sulfide) groups is 1. The van der Waals surface area contributed by atoms with E-state index in [2.05, 4.69) is 0 Å². The standard InChI is InChI=1S/C30H26Cl2N2O8SSe/c1-16-26(43-21(28(36)40-3)14-22(35)39-2)34(20-12-10-19(32)11-13-20)27-24(33(16)15-17-6-8-18(31)9-7-17)23(29(37)41-4)25(44-27)30(38)42-5/h6-14H,15H2,1-5H3/b21-14+. The molecule has 230 valence electrons. The Labute approximate surface area is 273 Å². The van der Waals surface area contributed by atoms with Crippen LogP contribution in [0.3, 0.4) is 0 Å². The molecule has 1 aromatic heterocycles. The van der Waals surface area contributed by atoms with Crippen molar-refractivity contribution in [3.05, 3.63) is 95.8 Å². The van der Waals surface area contributed by atoms with Crippen molar-refractivity contribution in [2.45, 2.75) is 13.5 Å². The molecule has 10 nitrogen and oxygen atoms in total. The summed E-state index contributed by atoms with van der Waals surface area (Å²) in [6.07, 6.45) is 1.04. The van der Waals surface area contributed by atoms with Crippen LogP contribution < -0.4 is 9.80 Å². The molecule has 2 aromatic carbocycles. The Kier molecular flexibility index (Phi) is 10.9. The third-order valence-corrected chi connectivity index (χ3v) is 10.5. The van der Waals surface area contributed by atoms with Gasteiger partial charge >= 0.3 is 275 Å². The fourth-order valence-electron chi connectivity index (χ4n) is 4.29. The number of anilines is 3. The van der Waals surface area contributed by atoms with Gasteiger partial charge < -0.3 is 0 Å². The van der Waals surface area contributed by atoms with Gasteiger partial charge in [-0.3, -0.25) is 0 Å². The van der Waals surface area contributed by atoms with Crippen molar-refractivity contribution in [1.82, 2.24) is 0 Å². The van der Waals surface area contributed by atoms with Crippen LogP contribution >= 0.6 is 35.0 Å². The van der Waals surface area contributed by atoms with Gasteiger partial charge in [-0.25, -0.2) is 0 Å². The van der Waals surface area contributed by atoms with E-state index in [0.717, 1.165) is 23.4 Å². The molecule has 3 aromatic rings. The van der Waals surface area contributed by atoms with E-state index in [1.54, 1.807) is 43.3 Å². The Morgan fingerprint density at radius 3 is 1.98 bits per heavy atom. The van der Waals surface area contributed by atoms with Crippen LogP contribution in [0.25, 0.3) is 0 Å². The van der Waals surface area contributed by atoms with Crippen molar-refractivity contribution in [3.63, 3.8) is 0 Å². The number of nitrogens with zero attached hydrogens (tertiary/aromatic N) is 2. The first-order chi connectivity index (χ1) is 21.0. The molecule has 0 bridgehead atoms. The maximum absolute atomic E-state index is 13.3. The maximum atomic E-state index is 13.3. The van der Waals surface area contributed by atoms with Gasteiger partial charge in [0, 0.05) is 0 Å². The Hall–Kier alpha value is -3.67. The first-order valence-electron chi connectivity index (χ1n) is 12.7. The molecule has 0 radical (unpaired) electrons. The van der Waals surface area contributed by atoms with Gasteiger partial charge in [0.2, 0.25) is 0 Å². The predicted molar refractivity (Wildman–Crippen MR) is 170 cm³/mol. The van der Waals surface area contributed by atoms with E-state index in [0.29, 0.717) is 36.7 Å². The van der Waals surface area contributed by atoms with Gasteiger partial charge in [0.05, 0.1) is 0 Å². The van der Waals surface area contributed by atoms with Crippen LogP contribution in [0, 0.1) is 0 Å². The molecule has 0 saturated heterocycles. The molecule has 0 spiro atoms. The normalized spacial score (nSPS) is 12.9. The summed E-state index contributed by atoms with van der Waals surface area (Å²) in [6, 6.07) is 14.1. The van der Waals surface area contributed by atoms with Crippen molar-refractivity contribution < 1.29 is 38.1 Å². The minimum atomic E-state index is -0.784. The third-order valence-electron chi connectivity index (χ3n) is 6.40. The van der Waals surface area contributed by atoms with E-state index < -0.39 is 38.4 Å². The van der Waals surface area contributed by atoms with E-state index in [1.807, 2.05) is 21.9 Å². The molecule has 2 heterocycles. The van der Waals surface area contributed by atoms with Crippen molar-refractivity contribution in [1.29, 1.82) is 0 Å². The molecule has 0 aliphatic carbocycles. The summed E-state index contributed by atoms with van der Waals surface area (Å²) < 4.78 is 20.8. The van der Waals surface area contributed by atoms with E-state index in [9.17, 15) is 19.2 Å². The van der Waals surface area contributed by atoms with Crippen LogP contribution in [0.15, 0.2) is 70.2 Å². The van der Waals surface area contributed by atoms with Crippen LogP contribution in [0.1, 0.15) is 32.1 Å². The number of hydrogen-bond donors (Lipinski definition) is 0. The zero-order chi connectivity index (χ0) is 32.1. The average Bonchev–Trinajstić information content (AvgIpc) is 3.43. The molecule has 0 N–H and O–H groups in total. The molecule has 0 unspecified atom stereocenters. The molecule has 4 rings (SSSR count). The second-order valence-corrected chi connectivity index (χ2v) is 13.0. The van der Waals surface area contributed by atoms with E-state index in [1.165, 1.54) is 28.4 Å². The molecule has 14 heteroatoms. The number of ether oxygens (including phenoxy) is 4. The topological polar surface area (TPSA) is 112 Å². The summed E-state index contributed by atoms with van der Waals surface area (Å²) in [7, 11) is 4.88. The molecule has 0 fully saturated rings. The quantitative estimate of drug-likeness (QED) is 0.113. The summed E-state index contributed by atoms with van der Waals surface area (Å²) in [6.45, 7) is 2.05. The monoisotopic (exact) mass is 724 g/mol. The summed E-state index contributed by atoms with van der Waals surface area (Å²) in [5.41, 5.74) is 2.56. The van der Waals surface area contributed by atoms with Crippen molar-refractivity contribution >= 4 is 89.3 Å². The number of fused-ring (bicyclic) bond motifs is 1. The zero-order valence-electron chi connectivity index (χ0n) is 24.1. The van der Waals surface area contributed by atoms with Crippen molar-refractivity contribution in [2.75, 3.05) is 38.2 Å². The minimum absolute atomic E-state index is 0.0528. The molecular formula is C30H26Cl2N2O8SSe. The van der Waals surface area contributed by atoms with Gasteiger partial charge in [0.25, 0.3) is 0 Å². The van der Waals surface area contributed by atoms with Gasteiger partial charge in [-0.15, -0.1) is 0 Å². The van der Waals surface area contributed by atoms with E-state index in [-0.39, 0.29) is 21.5 Å². The SMILES string of the molecule is COC(=O)/C=C(/SC1=C(C)N(Cc2ccc(Cl)cc2)c2c([se]c(C(=O)OC)c2C(=O)OC)N1c1ccc(Cl)cc1)C(=O)OC. The number of esters is 4. The number of methoxy groups -OCH3 is 4. The number of hydrogen-bond acceptors (Lipinski definition) is 11. The van der Waals surface area contributed by atoms with Crippen molar-refractivity contribution in [2.24, 2.45) is 0 Å². The predicted octanol–water partition coefficient (Wildman–Crippen LogP) is 5.93. The van der Waals surface area contributed by atoms with Crippen LogP contribution in [0.4, 0.5) is 15.9 Å². The van der Waals surface area contributed by atoms with Crippen molar-refractivity contribution in [3.8, 4) is 0 Å². The van der Waals surface area contributed by atoms with Crippen LogP contribution in [0.2, 0.25) is 10.0 Å². The Morgan fingerprint density at radius 1 is 0.841 bits per heavy atom. The Balaban J connectivity index is 2.07. The van der Waals surface area contributed by atoms with Crippen LogP contribution in [0.5, 0.6) is 0 Å². The number of allylic oxidation sites excluding steroid dienone is 1. The second-order valence-electron chi connectivity index (χ2n) is 8.98. The van der Waals surface area contributed by atoms with E-state index in [4.69, 9.17) is 42.1 Å². The average molecular weight is 724 g/mol. The molecular weight excluding hydrogens is 698 g/mol. The van der Waals surface area contributed by atoms with Gasteiger partial charge in [0.15, 0.2) is 0 Å². The molecule has 0 amide bonds. The summed E-state index contributed by atoms with van der Waals surface area (Å²) in [5.74, 6) is -2.90. The Bertz CT molecular complexity index is 1670. The van der Waals surface area contributed by atoms with Crippen LogP contribution in [-0.4, -0.2) is 66.8 Å².